The molecule has 1 N–H and O–H groups in total. The Bertz CT molecular complexity index is 1170. The average Bonchev–Trinajstić information content (AvgIpc) is 2.81. The Morgan fingerprint density at radius 3 is 1.22 bits per heavy atom. The van der Waals surface area contributed by atoms with E-state index in [0.29, 0.717) is 17.8 Å². The number of hydrogen-bond donors (Lipinski definition) is 1. The monoisotopic (exact) mass is 535 g/mol. The molecule has 4 nitrogen and oxygen atoms in total. The summed E-state index contributed by atoms with van der Waals surface area (Å²) in [5.74, 6) is 1.97. The van der Waals surface area contributed by atoms with E-state index in [2.05, 4.69) is 98.3 Å². The van der Waals surface area contributed by atoms with E-state index in [-0.39, 0.29) is 16.4 Å². The highest BCUT2D eigenvalue weighted by atomic mass is 32.2. The first kappa shape index (κ1) is 26.5. The van der Waals surface area contributed by atoms with Crippen LogP contribution < -0.4 is 4.72 Å². The van der Waals surface area contributed by atoms with Crippen LogP contribution in [0.3, 0.4) is 0 Å². The van der Waals surface area contributed by atoms with E-state index < -0.39 is 10.3 Å². The summed E-state index contributed by atoms with van der Waals surface area (Å²) in [7, 11) is -4.33. The van der Waals surface area contributed by atoms with Crippen molar-refractivity contribution < 1.29 is 13.0 Å². The smallest absolute Gasteiger partial charge is 0.166 e. The lowest BCUT2D eigenvalue weighted by atomic mass is 9.53. The number of rotatable bonds is 5. The van der Waals surface area contributed by atoms with Crippen LogP contribution >= 0.6 is 0 Å². The van der Waals surface area contributed by atoms with Crippen LogP contribution in [0.15, 0.2) is 87.5 Å². The van der Waals surface area contributed by atoms with Crippen molar-refractivity contribution in [3.8, 4) is 0 Å². The zero-order chi connectivity index (χ0) is 26.2. The second kappa shape index (κ2) is 10.6. The zero-order valence-electron chi connectivity index (χ0n) is 21.9. The fraction of sp³-hybridized carbons (Fsp3) is 0.419. The Morgan fingerprint density at radius 1 is 0.649 bits per heavy atom. The first-order valence-electron chi connectivity index (χ1n) is 13.3. The zero-order valence-corrected chi connectivity index (χ0v) is 23.6. The van der Waals surface area contributed by atoms with Crippen LogP contribution in [0.1, 0.15) is 55.2 Å². The van der Waals surface area contributed by atoms with Gasteiger partial charge in [-0.15, -0.1) is 0 Å². The summed E-state index contributed by atoms with van der Waals surface area (Å²) in [6.45, 7) is 6.42. The van der Waals surface area contributed by atoms with Crippen molar-refractivity contribution in [1.82, 2.24) is 4.72 Å². The molecule has 7 rings (SSSR count). The molecule has 4 fully saturated rings. The topological polar surface area (TPSA) is 69.2 Å². The number of nitrogens with one attached hydrogen (secondary N) is 1. The average molecular weight is 536 g/mol. The van der Waals surface area contributed by atoms with Gasteiger partial charge in [0.1, 0.15) is 0 Å². The lowest BCUT2D eigenvalue weighted by molar-refractivity contribution is -0.00918. The summed E-state index contributed by atoms with van der Waals surface area (Å²) >= 11 is 0. The molecule has 4 aliphatic carbocycles. The van der Waals surface area contributed by atoms with Gasteiger partial charge in [0.2, 0.25) is 0 Å². The third kappa shape index (κ3) is 6.48. The van der Waals surface area contributed by atoms with Crippen molar-refractivity contribution >= 4 is 21.2 Å². The summed E-state index contributed by atoms with van der Waals surface area (Å²) in [4.78, 5) is 4.12. The molecule has 4 aliphatic rings. The summed E-state index contributed by atoms with van der Waals surface area (Å²) in [6.07, 6.45) is 6.42. The van der Waals surface area contributed by atoms with E-state index in [1.807, 2.05) is 0 Å². The van der Waals surface area contributed by atoms with Gasteiger partial charge in [0.15, 0.2) is 25.0 Å². The van der Waals surface area contributed by atoms with Crippen LogP contribution in [-0.2, 0) is 21.2 Å². The van der Waals surface area contributed by atoms with E-state index in [0.717, 1.165) is 19.3 Å². The first-order chi connectivity index (χ1) is 17.6. The van der Waals surface area contributed by atoms with Gasteiger partial charge in [0.25, 0.3) is 0 Å². The van der Waals surface area contributed by atoms with Gasteiger partial charge in [-0.05, 0) is 113 Å². The minimum atomic E-state index is -4.29. The SMILES string of the molecule is Cc1ccc([S+](c2ccc(C)cc2)c2ccc(C)cc2)cc1.O=S(=O)([O-])NC12CC3CC(CC(C3)C1)C2. The molecule has 0 atom stereocenters. The van der Waals surface area contributed by atoms with Gasteiger partial charge < -0.3 is 4.55 Å². The molecular weight excluding hydrogens is 498 g/mol. The Labute approximate surface area is 225 Å². The van der Waals surface area contributed by atoms with Gasteiger partial charge in [0.05, 0.1) is 10.9 Å². The summed E-state index contributed by atoms with van der Waals surface area (Å²) in [5.41, 5.74) is 3.55. The first-order valence-corrected chi connectivity index (χ1v) is 15.9. The molecule has 0 aromatic heterocycles. The summed E-state index contributed by atoms with van der Waals surface area (Å²) in [6, 6.07) is 26.8. The number of benzene rings is 3. The fourth-order valence-corrected chi connectivity index (χ4v) is 9.75. The van der Waals surface area contributed by atoms with Crippen LogP contribution in [0.25, 0.3) is 0 Å². The molecule has 0 saturated heterocycles. The molecule has 0 radical (unpaired) electrons. The molecule has 196 valence electrons. The minimum absolute atomic E-state index is 0.0394. The third-order valence-electron chi connectivity index (χ3n) is 8.15. The highest BCUT2D eigenvalue weighted by Gasteiger charge is 2.51. The molecule has 0 unspecified atom stereocenters. The molecule has 0 spiro atoms. The Hall–Kier alpha value is -2.12. The number of aryl methyl sites for hydroxylation is 3. The van der Waals surface area contributed by atoms with Gasteiger partial charge in [-0.3, -0.25) is 0 Å². The summed E-state index contributed by atoms with van der Waals surface area (Å²) in [5, 5.41) is 0. The molecule has 37 heavy (non-hydrogen) atoms. The van der Waals surface area contributed by atoms with Gasteiger partial charge >= 0.3 is 0 Å². The van der Waals surface area contributed by atoms with Crippen molar-refractivity contribution in [2.24, 2.45) is 17.8 Å². The van der Waals surface area contributed by atoms with Crippen LogP contribution in [-0.4, -0.2) is 18.5 Å². The lowest BCUT2D eigenvalue weighted by Gasteiger charge is -2.57. The van der Waals surface area contributed by atoms with Crippen LogP contribution in [0.4, 0.5) is 0 Å². The molecule has 0 amide bonds. The molecule has 0 heterocycles. The second-order valence-corrected chi connectivity index (χ2v) is 14.6. The second-order valence-electron chi connectivity index (χ2n) is 11.5. The van der Waals surface area contributed by atoms with E-state index in [9.17, 15) is 13.0 Å². The highest BCUT2D eigenvalue weighted by Crippen LogP contribution is 2.55. The van der Waals surface area contributed by atoms with Gasteiger partial charge in [0, 0.05) is 5.54 Å². The Morgan fingerprint density at radius 2 is 0.946 bits per heavy atom. The molecule has 0 aliphatic heterocycles. The van der Waals surface area contributed by atoms with Gasteiger partial charge in [-0.1, -0.05) is 53.1 Å². The van der Waals surface area contributed by atoms with Crippen LogP contribution in [0, 0.1) is 38.5 Å². The molecule has 3 aromatic rings. The third-order valence-corrected chi connectivity index (χ3v) is 11.1. The Kier molecular flexibility index (Phi) is 7.56. The van der Waals surface area contributed by atoms with Crippen molar-refractivity contribution in [2.45, 2.75) is 79.5 Å². The predicted molar refractivity (Wildman–Crippen MR) is 149 cm³/mol. The molecular formula is C31H37NO3S2. The lowest BCUT2D eigenvalue weighted by Crippen LogP contribution is -2.59. The highest BCUT2D eigenvalue weighted by molar-refractivity contribution is 7.97. The van der Waals surface area contributed by atoms with E-state index in [1.165, 1.54) is 50.6 Å². The summed E-state index contributed by atoms with van der Waals surface area (Å²) < 4.78 is 34.9. The molecule has 4 saturated carbocycles. The standard InChI is InChI=1S/C21H21S.C10H17NO3S/c1-16-4-10-19(11-5-16)22(20-12-6-17(2)7-13-20)21-14-8-18(3)9-15-21;12-15(13,14)11-10-4-7-1-8(5-10)3-9(2-7)6-10/h4-15H,1-3H3;7-9,11H,1-6H2,(H,12,13,14)/q+1;/p-1. The van der Waals surface area contributed by atoms with E-state index in [4.69, 9.17) is 0 Å². The van der Waals surface area contributed by atoms with Crippen molar-refractivity contribution in [3.05, 3.63) is 89.5 Å². The fourth-order valence-electron chi connectivity index (χ4n) is 6.93. The largest absolute Gasteiger partial charge is 0.735 e. The number of hydrogen-bond acceptors (Lipinski definition) is 3. The Balaban J connectivity index is 0.000000162. The van der Waals surface area contributed by atoms with Crippen molar-refractivity contribution in [1.29, 1.82) is 0 Å². The maximum atomic E-state index is 10.8. The minimum Gasteiger partial charge on any atom is -0.735 e. The molecule has 4 bridgehead atoms. The van der Waals surface area contributed by atoms with Crippen LogP contribution in [0.5, 0.6) is 0 Å². The molecule has 3 aromatic carbocycles. The predicted octanol–water partition coefficient (Wildman–Crippen LogP) is 6.71. The maximum absolute atomic E-state index is 10.8. The quantitative estimate of drug-likeness (QED) is 0.292. The van der Waals surface area contributed by atoms with Crippen molar-refractivity contribution in [3.63, 3.8) is 0 Å². The van der Waals surface area contributed by atoms with Gasteiger partial charge in [-0.25, -0.2) is 13.1 Å². The van der Waals surface area contributed by atoms with E-state index in [1.54, 1.807) is 0 Å². The maximum Gasteiger partial charge on any atom is 0.166 e. The van der Waals surface area contributed by atoms with Crippen LogP contribution in [0.2, 0.25) is 0 Å². The molecule has 6 heteroatoms. The van der Waals surface area contributed by atoms with E-state index >= 15 is 0 Å². The normalized spacial score (nSPS) is 26.1. The van der Waals surface area contributed by atoms with Crippen molar-refractivity contribution in [2.75, 3.05) is 0 Å². The van der Waals surface area contributed by atoms with Gasteiger partial charge in [-0.2, -0.15) is 0 Å².